The minimum atomic E-state index is 0.0762. The van der Waals surface area contributed by atoms with Crippen molar-refractivity contribution in [1.29, 1.82) is 0 Å². The highest BCUT2D eigenvalue weighted by Gasteiger charge is 2.21. The summed E-state index contributed by atoms with van der Waals surface area (Å²) in [5.74, 6) is 0.662. The van der Waals surface area contributed by atoms with Crippen molar-refractivity contribution in [2.75, 3.05) is 32.8 Å². The van der Waals surface area contributed by atoms with Gasteiger partial charge in [0.15, 0.2) is 0 Å². The second-order valence-corrected chi connectivity index (χ2v) is 3.86. The Kier molecular flexibility index (Phi) is 5.36. The van der Waals surface area contributed by atoms with Gasteiger partial charge in [-0.25, -0.2) is 0 Å². The molecule has 4 heteroatoms. The van der Waals surface area contributed by atoms with Gasteiger partial charge in [-0.1, -0.05) is 6.08 Å². The van der Waals surface area contributed by atoms with Gasteiger partial charge >= 0.3 is 0 Å². The number of nitrogens with two attached hydrogens (primary N) is 1. The number of likely N-dealkylation sites (tertiary alicyclic amines) is 1. The lowest BCUT2D eigenvalue weighted by Crippen LogP contribution is -2.41. The molecule has 0 spiro atoms. The molecule has 2 N–H and O–H groups in total. The fraction of sp³-hybridized carbons (Fsp3) is 0.727. The first kappa shape index (κ1) is 12.2. The van der Waals surface area contributed by atoms with Gasteiger partial charge in [0.05, 0.1) is 6.61 Å². The van der Waals surface area contributed by atoms with Gasteiger partial charge in [0.25, 0.3) is 0 Å². The van der Waals surface area contributed by atoms with E-state index in [0.717, 1.165) is 32.5 Å². The van der Waals surface area contributed by atoms with Crippen molar-refractivity contribution in [3.63, 3.8) is 0 Å². The van der Waals surface area contributed by atoms with E-state index in [1.807, 2.05) is 4.90 Å². The Morgan fingerprint density at radius 3 is 2.73 bits per heavy atom. The van der Waals surface area contributed by atoms with Crippen molar-refractivity contribution >= 4 is 5.91 Å². The molecule has 1 aliphatic rings. The number of amides is 1. The molecule has 0 radical (unpaired) electrons. The van der Waals surface area contributed by atoms with Crippen molar-refractivity contribution < 1.29 is 9.53 Å². The fourth-order valence-corrected chi connectivity index (χ4v) is 1.74. The minimum absolute atomic E-state index is 0.0762. The number of ether oxygens (including phenoxy) is 1. The molecule has 1 aliphatic heterocycles. The zero-order valence-corrected chi connectivity index (χ0v) is 9.15. The summed E-state index contributed by atoms with van der Waals surface area (Å²) in [5, 5.41) is 0. The predicted octanol–water partition coefficient (Wildman–Crippen LogP) is 0.386. The topological polar surface area (TPSA) is 55.6 Å². The van der Waals surface area contributed by atoms with E-state index in [1.165, 1.54) is 0 Å². The molecule has 1 fully saturated rings. The van der Waals surface area contributed by atoms with E-state index in [-0.39, 0.29) is 12.5 Å². The number of carbonyl (C=O) groups excluding carboxylic acids is 1. The van der Waals surface area contributed by atoms with Crippen LogP contribution in [0, 0.1) is 5.92 Å². The molecule has 1 heterocycles. The first-order chi connectivity index (χ1) is 7.27. The molecule has 0 aromatic rings. The van der Waals surface area contributed by atoms with E-state index in [2.05, 4.69) is 6.58 Å². The van der Waals surface area contributed by atoms with Crippen molar-refractivity contribution in [2.24, 2.45) is 11.7 Å². The van der Waals surface area contributed by atoms with Gasteiger partial charge < -0.3 is 15.4 Å². The first-order valence-electron chi connectivity index (χ1n) is 5.44. The quantitative estimate of drug-likeness (QED) is 0.529. The van der Waals surface area contributed by atoms with E-state index in [0.29, 0.717) is 12.5 Å². The molecule has 0 aliphatic carbocycles. The minimum Gasteiger partial charge on any atom is -0.368 e. The zero-order chi connectivity index (χ0) is 11.1. The number of hydrogen-bond donors (Lipinski definition) is 1. The van der Waals surface area contributed by atoms with Gasteiger partial charge in [0.2, 0.25) is 5.91 Å². The molecule has 15 heavy (non-hydrogen) atoms. The summed E-state index contributed by atoms with van der Waals surface area (Å²) in [6.07, 6.45) is 3.68. The van der Waals surface area contributed by atoms with Crippen molar-refractivity contribution in [1.82, 2.24) is 4.90 Å². The van der Waals surface area contributed by atoms with Crippen LogP contribution in [-0.4, -0.2) is 43.7 Å². The average molecular weight is 212 g/mol. The zero-order valence-electron chi connectivity index (χ0n) is 9.15. The molecule has 1 saturated heterocycles. The Hall–Kier alpha value is -0.870. The van der Waals surface area contributed by atoms with Gasteiger partial charge in [0, 0.05) is 13.1 Å². The van der Waals surface area contributed by atoms with Crippen LogP contribution in [0.25, 0.3) is 0 Å². The molecule has 0 unspecified atom stereocenters. The molecule has 1 rings (SSSR count). The van der Waals surface area contributed by atoms with E-state index in [1.54, 1.807) is 6.08 Å². The Morgan fingerprint density at radius 1 is 1.53 bits per heavy atom. The lowest BCUT2D eigenvalue weighted by atomic mass is 9.97. The average Bonchev–Trinajstić information content (AvgIpc) is 2.29. The maximum absolute atomic E-state index is 11.6. The Morgan fingerprint density at radius 2 is 2.20 bits per heavy atom. The third kappa shape index (κ3) is 4.01. The number of carbonyl (C=O) groups is 1. The highest BCUT2D eigenvalue weighted by molar-refractivity contribution is 5.77. The Balaban J connectivity index is 2.20. The van der Waals surface area contributed by atoms with Gasteiger partial charge in [-0.15, -0.1) is 6.58 Å². The molecule has 0 bridgehead atoms. The highest BCUT2D eigenvalue weighted by atomic mass is 16.5. The molecular formula is C11H20N2O2. The third-order valence-corrected chi connectivity index (χ3v) is 2.76. The second kappa shape index (κ2) is 6.58. The summed E-state index contributed by atoms with van der Waals surface area (Å²) >= 11 is 0. The summed E-state index contributed by atoms with van der Waals surface area (Å²) in [4.78, 5) is 13.5. The normalized spacial score (nSPS) is 17.8. The molecule has 0 aromatic carbocycles. The number of rotatable bonds is 5. The third-order valence-electron chi connectivity index (χ3n) is 2.76. The fourth-order valence-electron chi connectivity index (χ4n) is 1.74. The lowest BCUT2D eigenvalue weighted by molar-refractivity contribution is -0.137. The second-order valence-electron chi connectivity index (χ2n) is 3.86. The van der Waals surface area contributed by atoms with E-state index in [9.17, 15) is 4.79 Å². The van der Waals surface area contributed by atoms with Crippen LogP contribution >= 0.6 is 0 Å². The predicted molar refractivity (Wildman–Crippen MR) is 59.4 cm³/mol. The summed E-state index contributed by atoms with van der Waals surface area (Å²) in [7, 11) is 0. The van der Waals surface area contributed by atoms with Crippen LogP contribution in [0.4, 0.5) is 0 Å². The summed E-state index contributed by atoms with van der Waals surface area (Å²) < 4.78 is 5.12. The molecule has 0 aromatic heterocycles. The molecule has 86 valence electrons. The molecule has 0 atom stereocenters. The van der Waals surface area contributed by atoms with E-state index >= 15 is 0 Å². The number of nitrogens with zero attached hydrogens (tertiary/aromatic N) is 1. The Labute approximate surface area is 91.1 Å². The molecular weight excluding hydrogens is 192 g/mol. The first-order valence-corrected chi connectivity index (χ1v) is 5.44. The van der Waals surface area contributed by atoms with Gasteiger partial charge in [-0.2, -0.15) is 0 Å². The SMILES string of the molecule is C=CCOCC(=O)N1CCC(CN)CC1. The monoisotopic (exact) mass is 212 g/mol. The largest absolute Gasteiger partial charge is 0.368 e. The van der Waals surface area contributed by atoms with E-state index in [4.69, 9.17) is 10.5 Å². The van der Waals surface area contributed by atoms with Gasteiger partial charge in [-0.05, 0) is 25.3 Å². The van der Waals surface area contributed by atoms with Crippen LogP contribution in [0.3, 0.4) is 0 Å². The molecule has 4 nitrogen and oxygen atoms in total. The lowest BCUT2D eigenvalue weighted by Gasteiger charge is -2.31. The maximum Gasteiger partial charge on any atom is 0.248 e. The number of hydrogen-bond acceptors (Lipinski definition) is 3. The number of piperidine rings is 1. The van der Waals surface area contributed by atoms with Crippen LogP contribution in [-0.2, 0) is 9.53 Å². The van der Waals surface area contributed by atoms with Crippen LogP contribution in [0.1, 0.15) is 12.8 Å². The summed E-state index contributed by atoms with van der Waals surface area (Å²) in [6, 6.07) is 0. The maximum atomic E-state index is 11.6. The van der Waals surface area contributed by atoms with Crippen molar-refractivity contribution in [2.45, 2.75) is 12.8 Å². The van der Waals surface area contributed by atoms with Crippen LogP contribution < -0.4 is 5.73 Å². The Bertz CT molecular complexity index is 211. The summed E-state index contributed by atoms with van der Waals surface area (Å²) in [6.45, 7) is 6.50. The van der Waals surface area contributed by atoms with Gasteiger partial charge in [-0.3, -0.25) is 4.79 Å². The summed E-state index contributed by atoms with van der Waals surface area (Å²) in [5.41, 5.74) is 5.58. The van der Waals surface area contributed by atoms with Crippen molar-refractivity contribution in [3.05, 3.63) is 12.7 Å². The van der Waals surface area contributed by atoms with Crippen LogP contribution in [0.5, 0.6) is 0 Å². The standard InChI is InChI=1S/C11H20N2O2/c1-2-7-15-9-11(14)13-5-3-10(8-12)4-6-13/h2,10H,1,3-9,12H2. The van der Waals surface area contributed by atoms with Gasteiger partial charge in [0.1, 0.15) is 6.61 Å². The smallest absolute Gasteiger partial charge is 0.248 e. The van der Waals surface area contributed by atoms with Crippen LogP contribution in [0.2, 0.25) is 0 Å². The highest BCUT2D eigenvalue weighted by Crippen LogP contribution is 2.15. The van der Waals surface area contributed by atoms with E-state index < -0.39 is 0 Å². The van der Waals surface area contributed by atoms with Crippen molar-refractivity contribution in [3.8, 4) is 0 Å². The molecule has 1 amide bonds. The molecule has 0 saturated carbocycles. The van der Waals surface area contributed by atoms with Crippen LogP contribution in [0.15, 0.2) is 12.7 Å².